The van der Waals surface area contributed by atoms with E-state index in [1.54, 1.807) is 24.0 Å². The first-order valence-corrected chi connectivity index (χ1v) is 5.62. The van der Waals surface area contributed by atoms with Crippen LogP contribution in [0.15, 0.2) is 18.3 Å². The molecule has 0 saturated carbocycles. The van der Waals surface area contributed by atoms with E-state index >= 15 is 0 Å². The zero-order valence-corrected chi connectivity index (χ0v) is 10.7. The zero-order chi connectivity index (χ0) is 13.7. The second-order valence-electron chi connectivity index (χ2n) is 4.07. The van der Waals surface area contributed by atoms with Gasteiger partial charge in [-0.15, -0.1) is 0 Å². The largest absolute Gasteiger partial charge is 0.480 e. The Balaban J connectivity index is 2.84. The second kappa shape index (κ2) is 6.00. The summed E-state index contributed by atoms with van der Waals surface area (Å²) in [6, 6.07) is 2.30. The number of hydrogen-bond acceptors (Lipinski definition) is 4. The van der Waals surface area contributed by atoms with Gasteiger partial charge in [0, 0.05) is 25.9 Å². The molecule has 0 spiro atoms. The Kier molecular flexibility index (Phi) is 4.65. The smallest absolute Gasteiger partial charge is 0.326 e. The van der Waals surface area contributed by atoms with Crippen molar-refractivity contribution in [2.24, 2.45) is 0 Å². The van der Waals surface area contributed by atoms with Crippen molar-refractivity contribution < 1.29 is 14.7 Å². The van der Waals surface area contributed by atoms with Crippen LogP contribution in [0.25, 0.3) is 0 Å². The summed E-state index contributed by atoms with van der Waals surface area (Å²) < 4.78 is 0. The van der Waals surface area contributed by atoms with Gasteiger partial charge in [-0.2, -0.15) is 0 Å². The molecule has 0 bridgehead atoms. The van der Waals surface area contributed by atoms with E-state index in [1.165, 1.54) is 6.20 Å². The summed E-state index contributed by atoms with van der Waals surface area (Å²) >= 11 is 0. The van der Waals surface area contributed by atoms with E-state index in [-0.39, 0.29) is 0 Å². The molecule has 2 N–H and O–H groups in total. The molecule has 1 rings (SSSR count). The molecule has 1 aromatic heterocycles. The van der Waals surface area contributed by atoms with E-state index in [0.29, 0.717) is 17.8 Å². The molecule has 1 atom stereocenters. The normalized spacial score (nSPS) is 11.7. The number of carbonyl (C=O) groups excluding carboxylic acids is 1. The Hall–Kier alpha value is -2.11. The van der Waals surface area contributed by atoms with Crippen molar-refractivity contribution in [2.75, 3.05) is 19.0 Å². The van der Waals surface area contributed by atoms with Gasteiger partial charge in [-0.3, -0.25) is 4.79 Å². The van der Waals surface area contributed by atoms with E-state index in [4.69, 9.17) is 5.11 Å². The first-order chi connectivity index (χ1) is 8.45. The van der Waals surface area contributed by atoms with Crippen molar-refractivity contribution in [3.05, 3.63) is 23.9 Å². The Morgan fingerprint density at radius 3 is 2.67 bits per heavy atom. The first-order valence-electron chi connectivity index (χ1n) is 5.62. The summed E-state index contributed by atoms with van der Waals surface area (Å²) in [5, 5.41) is 11.3. The van der Waals surface area contributed by atoms with E-state index in [9.17, 15) is 9.59 Å². The maximum Gasteiger partial charge on any atom is 0.326 e. The summed E-state index contributed by atoms with van der Waals surface area (Å²) in [5.74, 6) is -0.798. The molecule has 0 aliphatic carbocycles. The molecule has 18 heavy (non-hydrogen) atoms. The highest BCUT2D eigenvalue weighted by Gasteiger charge is 2.18. The Morgan fingerprint density at radius 2 is 2.17 bits per heavy atom. The third-order valence-electron chi connectivity index (χ3n) is 2.48. The molecule has 0 saturated heterocycles. The predicted molar refractivity (Wildman–Crippen MR) is 67.7 cm³/mol. The van der Waals surface area contributed by atoms with Crippen LogP contribution in [0.5, 0.6) is 0 Å². The van der Waals surface area contributed by atoms with Gasteiger partial charge >= 0.3 is 5.97 Å². The summed E-state index contributed by atoms with van der Waals surface area (Å²) in [6.07, 6.45) is 1.86. The van der Waals surface area contributed by atoms with Crippen LogP contribution in [0.4, 0.5) is 5.82 Å². The number of nitrogens with zero attached hydrogens (tertiary/aromatic N) is 2. The second-order valence-corrected chi connectivity index (χ2v) is 4.07. The highest BCUT2D eigenvalue weighted by atomic mass is 16.4. The van der Waals surface area contributed by atoms with Crippen molar-refractivity contribution in [1.82, 2.24) is 10.3 Å². The summed E-state index contributed by atoms with van der Waals surface area (Å²) in [4.78, 5) is 28.6. The van der Waals surface area contributed by atoms with Crippen molar-refractivity contribution in [2.45, 2.75) is 19.4 Å². The number of aromatic nitrogens is 1. The van der Waals surface area contributed by atoms with Crippen molar-refractivity contribution in [3.8, 4) is 0 Å². The van der Waals surface area contributed by atoms with Crippen LogP contribution in [0.1, 0.15) is 23.7 Å². The molecule has 0 aliphatic heterocycles. The topological polar surface area (TPSA) is 82.5 Å². The Labute approximate surface area is 106 Å². The standard InChI is InChI=1S/C12H17N3O3/c1-4-9(12(17)18)14-11(16)8-5-6-13-10(7-8)15(2)3/h5-7,9H,4H2,1-3H3,(H,14,16)(H,17,18)/t9-/m1/s1. The van der Waals surface area contributed by atoms with E-state index in [0.717, 1.165) is 0 Å². The highest BCUT2D eigenvalue weighted by Crippen LogP contribution is 2.09. The number of pyridine rings is 1. The monoisotopic (exact) mass is 251 g/mol. The number of anilines is 1. The number of nitrogens with one attached hydrogen (secondary N) is 1. The molecule has 6 nitrogen and oxygen atoms in total. The van der Waals surface area contributed by atoms with Gasteiger partial charge in [0.2, 0.25) is 0 Å². The summed E-state index contributed by atoms with van der Waals surface area (Å²) in [7, 11) is 3.63. The fraction of sp³-hybridized carbons (Fsp3) is 0.417. The molecule has 0 unspecified atom stereocenters. The lowest BCUT2D eigenvalue weighted by Crippen LogP contribution is -2.40. The van der Waals surface area contributed by atoms with Crippen LogP contribution >= 0.6 is 0 Å². The van der Waals surface area contributed by atoms with Crippen molar-refractivity contribution >= 4 is 17.7 Å². The number of amides is 1. The maximum atomic E-state index is 11.9. The molecular formula is C12H17N3O3. The van der Waals surface area contributed by atoms with Crippen LogP contribution in [-0.4, -0.2) is 42.1 Å². The molecule has 0 aliphatic rings. The Bertz CT molecular complexity index is 446. The fourth-order valence-corrected chi connectivity index (χ4v) is 1.38. The van der Waals surface area contributed by atoms with E-state index in [2.05, 4.69) is 10.3 Å². The molecule has 0 fully saturated rings. The molecule has 6 heteroatoms. The summed E-state index contributed by atoms with van der Waals surface area (Å²) in [5.41, 5.74) is 0.397. The minimum Gasteiger partial charge on any atom is -0.480 e. The molecule has 1 heterocycles. The lowest BCUT2D eigenvalue weighted by atomic mass is 10.2. The molecule has 1 amide bonds. The van der Waals surface area contributed by atoms with Gasteiger partial charge in [-0.1, -0.05) is 6.92 Å². The van der Waals surface area contributed by atoms with Gasteiger partial charge in [0.1, 0.15) is 11.9 Å². The minimum absolute atomic E-state index is 0.340. The SMILES string of the molecule is CC[C@@H](NC(=O)c1ccnc(N(C)C)c1)C(=O)O. The van der Waals surface area contributed by atoms with Crippen LogP contribution in [-0.2, 0) is 4.79 Å². The summed E-state index contributed by atoms with van der Waals surface area (Å²) in [6.45, 7) is 1.71. The average Bonchev–Trinajstić information content (AvgIpc) is 2.35. The fourth-order valence-electron chi connectivity index (χ4n) is 1.38. The third kappa shape index (κ3) is 3.44. The first kappa shape index (κ1) is 14.0. The lowest BCUT2D eigenvalue weighted by molar-refractivity contribution is -0.139. The number of hydrogen-bond donors (Lipinski definition) is 2. The number of rotatable bonds is 5. The third-order valence-corrected chi connectivity index (χ3v) is 2.48. The van der Waals surface area contributed by atoms with Gasteiger partial charge in [-0.25, -0.2) is 9.78 Å². The van der Waals surface area contributed by atoms with Gasteiger partial charge < -0.3 is 15.3 Å². The molecule has 0 radical (unpaired) electrons. The van der Waals surface area contributed by atoms with Gasteiger partial charge in [0.15, 0.2) is 0 Å². The van der Waals surface area contributed by atoms with Gasteiger partial charge in [0.25, 0.3) is 5.91 Å². The van der Waals surface area contributed by atoms with Crippen LogP contribution in [0.2, 0.25) is 0 Å². The minimum atomic E-state index is -1.03. The zero-order valence-electron chi connectivity index (χ0n) is 10.7. The van der Waals surface area contributed by atoms with Gasteiger partial charge in [-0.05, 0) is 18.6 Å². The van der Waals surface area contributed by atoms with E-state index < -0.39 is 17.9 Å². The van der Waals surface area contributed by atoms with E-state index in [1.807, 2.05) is 14.1 Å². The quantitative estimate of drug-likeness (QED) is 0.806. The number of carboxylic acids is 1. The van der Waals surface area contributed by atoms with Crippen molar-refractivity contribution in [3.63, 3.8) is 0 Å². The average molecular weight is 251 g/mol. The molecular weight excluding hydrogens is 234 g/mol. The molecule has 1 aromatic rings. The van der Waals surface area contributed by atoms with Crippen molar-refractivity contribution in [1.29, 1.82) is 0 Å². The number of aliphatic carboxylic acids is 1. The van der Waals surface area contributed by atoms with Gasteiger partial charge in [0.05, 0.1) is 0 Å². The highest BCUT2D eigenvalue weighted by molar-refractivity contribution is 5.97. The Morgan fingerprint density at radius 1 is 1.50 bits per heavy atom. The number of carboxylic acid groups (broad SMARTS) is 1. The van der Waals surface area contributed by atoms with Crippen LogP contribution in [0, 0.1) is 0 Å². The molecule has 0 aromatic carbocycles. The van der Waals surface area contributed by atoms with Crippen LogP contribution < -0.4 is 10.2 Å². The predicted octanol–water partition coefficient (Wildman–Crippen LogP) is 0.741. The lowest BCUT2D eigenvalue weighted by Gasteiger charge is -2.14. The van der Waals surface area contributed by atoms with Crippen LogP contribution in [0.3, 0.4) is 0 Å². The number of carbonyl (C=O) groups is 2. The maximum absolute atomic E-state index is 11.9. The molecule has 98 valence electrons.